The van der Waals surface area contributed by atoms with Crippen LogP contribution in [0.5, 0.6) is 23.0 Å². The molecule has 0 saturated carbocycles. The van der Waals surface area contributed by atoms with Crippen molar-refractivity contribution >= 4 is 11.0 Å². The molecule has 2 fully saturated rings. The van der Waals surface area contributed by atoms with Crippen molar-refractivity contribution in [1.29, 1.82) is 0 Å². The van der Waals surface area contributed by atoms with Crippen LogP contribution in [0.15, 0.2) is 45.6 Å². The highest BCUT2D eigenvalue weighted by Crippen LogP contribution is 2.37. The van der Waals surface area contributed by atoms with Crippen LogP contribution in [0.1, 0.15) is 6.92 Å². The van der Waals surface area contributed by atoms with Crippen LogP contribution in [0.4, 0.5) is 0 Å². The van der Waals surface area contributed by atoms with Crippen LogP contribution in [-0.2, 0) is 14.2 Å². The minimum Gasteiger partial charge on any atom is -0.508 e. The van der Waals surface area contributed by atoms with Crippen LogP contribution in [0.3, 0.4) is 0 Å². The van der Waals surface area contributed by atoms with E-state index in [1.54, 1.807) is 0 Å². The maximum Gasteiger partial charge on any atom is 0.238 e. The zero-order valence-corrected chi connectivity index (χ0v) is 21.9. The minimum absolute atomic E-state index is 0.0706. The number of fused-ring (bicyclic) bond motifs is 1. The SMILES string of the molecule is CC1OC(OC2C(Oc3cc(O)c4c(=O)c(O)c(-c5ccc(O)cc5)oc4c3)OC(CO)C(O)C2O)C(O)C(O)C1O. The van der Waals surface area contributed by atoms with Crippen LogP contribution in [-0.4, -0.2) is 114 Å². The number of rotatable bonds is 6. The Morgan fingerprint density at radius 1 is 0.833 bits per heavy atom. The van der Waals surface area contributed by atoms with Crippen molar-refractivity contribution in [3.63, 3.8) is 0 Å². The number of aromatic hydroxyl groups is 3. The number of phenolic OH excluding ortho intramolecular Hbond substituents is 2. The summed E-state index contributed by atoms with van der Waals surface area (Å²) in [5, 5.41) is 91.7. The Kier molecular flexibility index (Phi) is 8.30. The molecule has 2 aliphatic heterocycles. The first-order valence-corrected chi connectivity index (χ1v) is 12.9. The number of aliphatic hydroxyl groups is 6. The summed E-state index contributed by atoms with van der Waals surface area (Å²) in [4.78, 5) is 12.9. The van der Waals surface area contributed by atoms with Gasteiger partial charge in [-0.1, -0.05) is 0 Å². The number of hydrogen-bond acceptors (Lipinski definition) is 15. The zero-order valence-electron chi connectivity index (χ0n) is 21.9. The van der Waals surface area contributed by atoms with Crippen molar-refractivity contribution in [3.05, 3.63) is 46.6 Å². The van der Waals surface area contributed by atoms with E-state index in [-0.39, 0.29) is 33.8 Å². The van der Waals surface area contributed by atoms with Gasteiger partial charge in [-0.3, -0.25) is 4.79 Å². The summed E-state index contributed by atoms with van der Waals surface area (Å²) >= 11 is 0. The lowest BCUT2D eigenvalue weighted by atomic mass is 9.97. The summed E-state index contributed by atoms with van der Waals surface area (Å²) < 4.78 is 28.2. The Balaban J connectivity index is 1.50. The van der Waals surface area contributed by atoms with Gasteiger partial charge in [0.1, 0.15) is 64.8 Å². The second kappa shape index (κ2) is 11.6. The van der Waals surface area contributed by atoms with Crippen molar-refractivity contribution in [2.45, 2.75) is 68.3 Å². The quantitative estimate of drug-likeness (QED) is 0.159. The van der Waals surface area contributed by atoms with Gasteiger partial charge in [0.2, 0.25) is 17.5 Å². The Labute approximate surface area is 236 Å². The molecular weight excluding hydrogens is 564 g/mol. The number of hydrogen-bond donors (Lipinski definition) is 9. The molecule has 3 heterocycles. The zero-order chi connectivity index (χ0) is 30.5. The molecule has 3 aromatic rings. The van der Waals surface area contributed by atoms with Crippen molar-refractivity contribution in [1.82, 2.24) is 0 Å². The normalized spacial score (nSPS) is 33.5. The lowest BCUT2D eigenvalue weighted by Crippen LogP contribution is -2.64. The van der Waals surface area contributed by atoms with Crippen LogP contribution in [0, 0.1) is 0 Å². The van der Waals surface area contributed by atoms with Gasteiger partial charge in [-0.05, 0) is 31.2 Å². The maximum absolute atomic E-state index is 12.9. The summed E-state index contributed by atoms with van der Waals surface area (Å²) in [5.74, 6) is -2.00. The molecule has 0 bridgehead atoms. The van der Waals surface area contributed by atoms with Gasteiger partial charge in [0.15, 0.2) is 18.2 Å². The Morgan fingerprint density at radius 3 is 2.19 bits per heavy atom. The Hall–Kier alpha value is -3.51. The van der Waals surface area contributed by atoms with Crippen molar-refractivity contribution in [2.75, 3.05) is 6.61 Å². The fourth-order valence-corrected chi connectivity index (χ4v) is 4.85. The van der Waals surface area contributed by atoms with Crippen LogP contribution >= 0.6 is 0 Å². The van der Waals surface area contributed by atoms with Crippen molar-refractivity contribution < 1.29 is 69.3 Å². The fourth-order valence-electron chi connectivity index (χ4n) is 4.85. The van der Waals surface area contributed by atoms with Gasteiger partial charge in [-0.2, -0.15) is 0 Å². The number of aliphatic hydroxyl groups excluding tert-OH is 6. The highest BCUT2D eigenvalue weighted by Gasteiger charge is 2.51. The summed E-state index contributed by atoms with van der Waals surface area (Å²) in [5.41, 5.74) is -0.967. The summed E-state index contributed by atoms with van der Waals surface area (Å²) in [6, 6.07) is 7.54. The average molecular weight is 595 g/mol. The van der Waals surface area contributed by atoms with E-state index < -0.39 is 84.9 Å². The molecule has 2 aromatic carbocycles. The molecule has 15 nitrogen and oxygen atoms in total. The van der Waals surface area contributed by atoms with E-state index in [1.807, 2.05) is 0 Å². The number of phenols is 2. The van der Waals surface area contributed by atoms with Gasteiger partial charge >= 0.3 is 0 Å². The molecule has 9 N–H and O–H groups in total. The third kappa shape index (κ3) is 5.37. The molecule has 228 valence electrons. The highest BCUT2D eigenvalue weighted by molar-refractivity contribution is 5.88. The highest BCUT2D eigenvalue weighted by atomic mass is 16.8. The molecule has 0 aliphatic carbocycles. The summed E-state index contributed by atoms with van der Waals surface area (Å²) in [6.07, 6.45) is -15.6. The Morgan fingerprint density at radius 2 is 1.52 bits per heavy atom. The lowest BCUT2D eigenvalue weighted by Gasteiger charge is -2.45. The second-order valence-electron chi connectivity index (χ2n) is 10.1. The molecule has 2 saturated heterocycles. The fraction of sp³-hybridized carbons (Fsp3) is 0.444. The molecule has 2 aliphatic rings. The van der Waals surface area contributed by atoms with Crippen molar-refractivity contribution in [2.24, 2.45) is 0 Å². The van der Waals surface area contributed by atoms with Crippen LogP contribution in [0.2, 0.25) is 0 Å². The molecule has 0 spiro atoms. The largest absolute Gasteiger partial charge is 0.508 e. The van der Waals surface area contributed by atoms with E-state index >= 15 is 0 Å². The molecule has 5 rings (SSSR count). The first-order valence-electron chi connectivity index (χ1n) is 12.9. The molecule has 1 aromatic heterocycles. The van der Waals surface area contributed by atoms with E-state index in [9.17, 15) is 50.8 Å². The van der Waals surface area contributed by atoms with Gasteiger partial charge < -0.3 is 69.3 Å². The van der Waals surface area contributed by atoms with Gasteiger partial charge in [-0.25, -0.2) is 0 Å². The summed E-state index contributed by atoms with van der Waals surface area (Å²) in [6.45, 7) is 0.660. The first kappa shape index (κ1) is 30.0. The summed E-state index contributed by atoms with van der Waals surface area (Å²) in [7, 11) is 0. The van der Waals surface area contributed by atoms with E-state index in [4.69, 9.17) is 23.4 Å². The van der Waals surface area contributed by atoms with Gasteiger partial charge in [0.25, 0.3) is 0 Å². The third-order valence-corrected chi connectivity index (χ3v) is 7.23. The molecule has 10 unspecified atom stereocenters. The second-order valence-corrected chi connectivity index (χ2v) is 10.1. The lowest BCUT2D eigenvalue weighted by molar-refractivity contribution is -0.354. The molecule has 10 atom stereocenters. The third-order valence-electron chi connectivity index (χ3n) is 7.23. The van der Waals surface area contributed by atoms with E-state index in [2.05, 4.69) is 0 Å². The van der Waals surface area contributed by atoms with Gasteiger partial charge in [-0.15, -0.1) is 0 Å². The number of benzene rings is 2. The van der Waals surface area contributed by atoms with Crippen LogP contribution < -0.4 is 10.2 Å². The molecule has 15 heteroatoms. The van der Waals surface area contributed by atoms with E-state index in [1.165, 1.54) is 37.3 Å². The molecular formula is C27H30O15. The van der Waals surface area contributed by atoms with Gasteiger partial charge in [0, 0.05) is 17.7 Å². The van der Waals surface area contributed by atoms with E-state index in [0.29, 0.717) is 0 Å². The first-order chi connectivity index (χ1) is 19.9. The van der Waals surface area contributed by atoms with E-state index in [0.717, 1.165) is 6.07 Å². The van der Waals surface area contributed by atoms with Crippen LogP contribution in [0.25, 0.3) is 22.3 Å². The predicted octanol–water partition coefficient (Wildman–Crippen LogP) is -1.39. The monoisotopic (exact) mass is 594 g/mol. The molecule has 0 amide bonds. The standard InChI is InChI=1S/C27H30O15/c1-9-17(31)20(34)23(37)26(38-9)42-25-21(35)18(32)15(8-28)41-27(25)39-12-6-13(30)16-14(7-12)40-24(22(36)19(16)33)10-2-4-11(29)5-3-10/h2-7,9,15,17-18,20-21,23,25-32,34-37H,8H2,1H3. The average Bonchev–Trinajstić information content (AvgIpc) is 2.96. The Bertz CT molecular complexity index is 1470. The predicted molar refractivity (Wildman–Crippen MR) is 139 cm³/mol. The maximum atomic E-state index is 12.9. The smallest absolute Gasteiger partial charge is 0.238 e. The van der Waals surface area contributed by atoms with Gasteiger partial charge in [0.05, 0.1) is 12.7 Å². The topological polar surface area (TPSA) is 249 Å². The molecule has 0 radical (unpaired) electrons. The number of ether oxygens (including phenoxy) is 4. The van der Waals surface area contributed by atoms with Crippen molar-refractivity contribution in [3.8, 4) is 34.3 Å². The molecule has 42 heavy (non-hydrogen) atoms. The minimum atomic E-state index is -1.79.